The minimum atomic E-state index is -2.94. The number of aliphatic hydroxyl groups is 1. The number of ether oxygens (including phenoxy) is 1. The topological polar surface area (TPSA) is 85.5 Å². The molecule has 0 saturated carbocycles. The van der Waals surface area contributed by atoms with Crippen molar-refractivity contribution in [3.05, 3.63) is 109 Å². The Balaban J connectivity index is 1.27. The van der Waals surface area contributed by atoms with Gasteiger partial charge in [-0.2, -0.15) is 0 Å². The SMILES string of the molecule is CN(Cc1cccc(F)c1)c1ncnc2c1ncn2[C@@H]1O[C@H](CO[Si](c2ccccc2)(c2ccccc2)C(C)(C)C)[C@@H](O)[C@@H]1F. The highest BCUT2D eigenvalue weighted by molar-refractivity contribution is 6.99. The van der Waals surface area contributed by atoms with Crippen LogP contribution in [0.25, 0.3) is 11.2 Å². The smallest absolute Gasteiger partial charge is 0.261 e. The Labute approximate surface area is 262 Å². The number of hydrogen-bond acceptors (Lipinski definition) is 7. The molecule has 234 valence electrons. The van der Waals surface area contributed by atoms with Crippen molar-refractivity contribution < 1.29 is 23.1 Å². The van der Waals surface area contributed by atoms with E-state index in [0.29, 0.717) is 23.5 Å². The van der Waals surface area contributed by atoms with Crippen LogP contribution in [0.15, 0.2) is 97.6 Å². The minimum Gasteiger partial charge on any atom is -0.405 e. The van der Waals surface area contributed by atoms with Crippen molar-refractivity contribution >= 4 is 35.7 Å². The Morgan fingerprint density at radius 2 is 1.62 bits per heavy atom. The molecule has 1 aliphatic rings. The predicted molar refractivity (Wildman–Crippen MR) is 172 cm³/mol. The van der Waals surface area contributed by atoms with Gasteiger partial charge in [-0.15, -0.1) is 0 Å². The van der Waals surface area contributed by atoms with Gasteiger partial charge in [0.05, 0.1) is 12.9 Å². The van der Waals surface area contributed by atoms with Crippen LogP contribution in [0.1, 0.15) is 32.6 Å². The normalized spacial score (nSPS) is 20.5. The summed E-state index contributed by atoms with van der Waals surface area (Å²) in [5.41, 5.74) is 1.56. The van der Waals surface area contributed by atoms with Crippen LogP contribution in [0.5, 0.6) is 0 Å². The second-order valence-corrected chi connectivity index (χ2v) is 16.8. The zero-order chi connectivity index (χ0) is 31.8. The van der Waals surface area contributed by atoms with E-state index in [9.17, 15) is 9.50 Å². The Hall–Kier alpha value is -4.03. The number of anilines is 1. The van der Waals surface area contributed by atoms with Crippen LogP contribution in [0, 0.1) is 5.82 Å². The summed E-state index contributed by atoms with van der Waals surface area (Å²) < 4.78 is 44.3. The molecule has 45 heavy (non-hydrogen) atoms. The van der Waals surface area contributed by atoms with Crippen molar-refractivity contribution in [2.45, 2.75) is 57.0 Å². The molecule has 0 amide bonds. The molecule has 1 saturated heterocycles. The summed E-state index contributed by atoms with van der Waals surface area (Å²) >= 11 is 0. The fraction of sp³-hybridized carbons (Fsp3) is 0.324. The first-order valence-corrected chi connectivity index (χ1v) is 16.9. The maximum atomic E-state index is 15.8. The third-order valence-corrected chi connectivity index (χ3v) is 13.5. The molecular formula is C34H37F2N5O3Si. The summed E-state index contributed by atoms with van der Waals surface area (Å²) in [6.07, 6.45) is -2.45. The van der Waals surface area contributed by atoms with Crippen molar-refractivity contribution in [3.63, 3.8) is 0 Å². The summed E-state index contributed by atoms with van der Waals surface area (Å²) in [6, 6.07) is 26.6. The van der Waals surface area contributed by atoms with Crippen LogP contribution >= 0.6 is 0 Å². The first-order chi connectivity index (χ1) is 21.6. The molecule has 0 aliphatic carbocycles. The monoisotopic (exact) mass is 629 g/mol. The first-order valence-electron chi connectivity index (χ1n) is 15.0. The largest absolute Gasteiger partial charge is 0.405 e. The lowest BCUT2D eigenvalue weighted by molar-refractivity contribution is -0.0428. The Morgan fingerprint density at radius 1 is 0.956 bits per heavy atom. The molecule has 11 heteroatoms. The van der Waals surface area contributed by atoms with Crippen molar-refractivity contribution in [1.29, 1.82) is 0 Å². The first kappa shape index (κ1) is 31.0. The number of halogens is 2. The van der Waals surface area contributed by atoms with Gasteiger partial charge in [0.15, 0.2) is 29.4 Å². The van der Waals surface area contributed by atoms with Gasteiger partial charge >= 0.3 is 0 Å². The van der Waals surface area contributed by atoms with E-state index in [1.165, 1.54) is 29.4 Å². The Bertz CT molecular complexity index is 1710. The fourth-order valence-electron chi connectivity index (χ4n) is 6.32. The highest BCUT2D eigenvalue weighted by atomic mass is 28.4. The second kappa shape index (κ2) is 12.4. The molecule has 8 nitrogen and oxygen atoms in total. The van der Waals surface area contributed by atoms with Crippen molar-refractivity contribution in [1.82, 2.24) is 19.5 Å². The maximum Gasteiger partial charge on any atom is 0.261 e. The van der Waals surface area contributed by atoms with Crippen molar-refractivity contribution in [3.8, 4) is 0 Å². The Kier molecular flexibility index (Phi) is 8.53. The number of benzene rings is 3. The summed E-state index contributed by atoms with van der Waals surface area (Å²) in [4.78, 5) is 15.1. The van der Waals surface area contributed by atoms with Crippen LogP contribution in [0.2, 0.25) is 5.04 Å². The summed E-state index contributed by atoms with van der Waals surface area (Å²) in [5, 5.41) is 13.0. The highest BCUT2D eigenvalue weighted by Gasteiger charge is 2.52. The molecule has 0 radical (unpaired) electrons. The van der Waals surface area contributed by atoms with Crippen LogP contribution in [0.3, 0.4) is 0 Å². The van der Waals surface area contributed by atoms with Gasteiger partial charge in [0, 0.05) is 13.6 Å². The standard InChI is InChI=1S/C34H37F2N5O3Si/c1-34(2,3)45(25-14-7-5-8-15-25,26-16-9-6-10-17-26)43-20-27-30(42)28(36)33(44-27)41-22-39-29-31(37-21-38-32(29)41)40(4)19-23-12-11-13-24(35)18-23/h5-18,21-22,27-28,30,33,42H,19-20H2,1-4H3/t27-,28+,30-,33-/m1/s1. The average molecular weight is 630 g/mol. The zero-order valence-electron chi connectivity index (χ0n) is 25.7. The van der Waals surface area contributed by atoms with Gasteiger partial charge < -0.3 is 19.2 Å². The quantitative estimate of drug-likeness (QED) is 0.235. The number of nitrogens with zero attached hydrogens (tertiary/aromatic N) is 5. The lowest BCUT2D eigenvalue weighted by atomic mass is 10.1. The third-order valence-electron chi connectivity index (χ3n) is 8.46. The molecule has 2 aromatic heterocycles. The van der Waals surface area contributed by atoms with E-state index in [0.717, 1.165) is 15.9 Å². The maximum absolute atomic E-state index is 15.8. The number of alkyl halides is 1. The molecule has 0 unspecified atom stereocenters. The van der Waals surface area contributed by atoms with E-state index in [1.54, 1.807) is 6.07 Å². The molecule has 0 spiro atoms. The number of aromatic nitrogens is 4. The average Bonchev–Trinajstić information content (AvgIpc) is 3.58. The predicted octanol–water partition coefficient (Wildman–Crippen LogP) is 4.77. The number of rotatable bonds is 9. The van der Waals surface area contributed by atoms with E-state index in [4.69, 9.17) is 9.16 Å². The van der Waals surface area contributed by atoms with Gasteiger partial charge in [-0.05, 0) is 33.1 Å². The number of fused-ring (bicyclic) bond motifs is 1. The molecule has 1 fully saturated rings. The number of aliphatic hydroxyl groups excluding tert-OH is 1. The zero-order valence-corrected chi connectivity index (χ0v) is 26.7. The molecule has 4 atom stereocenters. The van der Waals surface area contributed by atoms with Gasteiger partial charge in [-0.3, -0.25) is 4.57 Å². The van der Waals surface area contributed by atoms with Crippen LogP contribution in [0.4, 0.5) is 14.6 Å². The van der Waals surface area contributed by atoms with Crippen LogP contribution in [-0.2, 0) is 15.7 Å². The molecular weight excluding hydrogens is 592 g/mol. The number of hydrogen-bond donors (Lipinski definition) is 1. The fourth-order valence-corrected chi connectivity index (χ4v) is 10.9. The summed E-state index contributed by atoms with van der Waals surface area (Å²) in [6.45, 7) is 6.85. The van der Waals surface area contributed by atoms with E-state index < -0.39 is 32.9 Å². The molecule has 1 aliphatic heterocycles. The van der Waals surface area contributed by atoms with Gasteiger partial charge in [-0.1, -0.05) is 93.6 Å². The summed E-state index contributed by atoms with van der Waals surface area (Å²) in [7, 11) is -1.12. The van der Waals surface area contributed by atoms with Crippen molar-refractivity contribution in [2.75, 3.05) is 18.6 Å². The van der Waals surface area contributed by atoms with Crippen LogP contribution in [-0.4, -0.2) is 65.0 Å². The molecule has 3 aromatic carbocycles. The van der Waals surface area contributed by atoms with E-state index >= 15 is 4.39 Å². The number of imidazole rings is 1. The third kappa shape index (κ3) is 5.76. The lowest BCUT2D eigenvalue weighted by Gasteiger charge is -2.43. The highest BCUT2D eigenvalue weighted by Crippen LogP contribution is 2.39. The lowest BCUT2D eigenvalue weighted by Crippen LogP contribution is -2.67. The van der Waals surface area contributed by atoms with Gasteiger partial charge in [0.25, 0.3) is 8.32 Å². The van der Waals surface area contributed by atoms with E-state index in [-0.39, 0.29) is 17.5 Å². The second-order valence-electron chi connectivity index (χ2n) is 12.5. The summed E-state index contributed by atoms with van der Waals surface area (Å²) in [5.74, 6) is 0.181. The van der Waals surface area contributed by atoms with Crippen LogP contribution < -0.4 is 15.3 Å². The van der Waals surface area contributed by atoms with Gasteiger partial charge in [0.2, 0.25) is 0 Å². The van der Waals surface area contributed by atoms with E-state index in [1.807, 2.05) is 54.4 Å². The van der Waals surface area contributed by atoms with E-state index in [2.05, 4.69) is 60.0 Å². The van der Waals surface area contributed by atoms with Crippen molar-refractivity contribution in [2.24, 2.45) is 0 Å². The molecule has 6 rings (SSSR count). The molecule has 1 N–H and O–H groups in total. The Morgan fingerprint density at radius 3 is 2.24 bits per heavy atom. The molecule has 5 aromatic rings. The minimum absolute atomic E-state index is 0.00535. The molecule has 3 heterocycles. The molecule has 0 bridgehead atoms. The van der Waals surface area contributed by atoms with Gasteiger partial charge in [0.1, 0.15) is 24.4 Å². The van der Waals surface area contributed by atoms with Gasteiger partial charge in [-0.25, -0.2) is 23.7 Å².